The van der Waals surface area contributed by atoms with Gasteiger partial charge in [-0.2, -0.15) is 0 Å². The van der Waals surface area contributed by atoms with Gasteiger partial charge in [0.2, 0.25) is 0 Å². The lowest BCUT2D eigenvalue weighted by Gasteiger charge is -2.22. The quantitative estimate of drug-likeness (QED) is 0.756. The summed E-state index contributed by atoms with van der Waals surface area (Å²) in [5, 5.41) is 2.81. The van der Waals surface area contributed by atoms with Crippen LogP contribution in [-0.2, 0) is 6.42 Å². The molecule has 0 radical (unpaired) electrons. The van der Waals surface area contributed by atoms with E-state index >= 15 is 0 Å². The summed E-state index contributed by atoms with van der Waals surface area (Å²) in [6.45, 7) is 6.16. The van der Waals surface area contributed by atoms with Gasteiger partial charge in [-0.3, -0.25) is 4.90 Å². The van der Waals surface area contributed by atoms with Crippen LogP contribution in [-0.4, -0.2) is 18.6 Å². The second-order valence-corrected chi connectivity index (χ2v) is 4.03. The molecule has 2 rings (SSSR count). The lowest BCUT2D eigenvalue weighted by molar-refractivity contribution is 0.246. The van der Waals surface area contributed by atoms with Gasteiger partial charge in [0.05, 0.1) is 0 Å². The highest BCUT2D eigenvalue weighted by Gasteiger charge is 2.29. The van der Waals surface area contributed by atoms with Gasteiger partial charge < -0.3 is 5.32 Å². The molecular weight excluding hydrogens is 200 g/mol. The molecule has 1 aliphatic rings. The normalized spacial score (nSPS) is 18.1. The number of carbonyl (C=O) groups excluding carboxylic acids is 1. The fraction of sp³-hybridized carbons (Fsp3) is 0.308. The minimum absolute atomic E-state index is 0.0441. The number of carbonyl (C=O) groups is 1. The van der Waals surface area contributed by atoms with Gasteiger partial charge in [-0.1, -0.05) is 24.3 Å². The number of anilines is 1. The average Bonchev–Trinajstić information content (AvgIpc) is 2.62. The number of nitrogens with zero attached hydrogens (tertiary/aromatic N) is 1. The van der Waals surface area contributed by atoms with Crippen molar-refractivity contribution in [2.75, 3.05) is 11.4 Å². The van der Waals surface area contributed by atoms with Crippen LogP contribution in [0.25, 0.3) is 0 Å². The van der Waals surface area contributed by atoms with Gasteiger partial charge in [-0.25, -0.2) is 4.79 Å². The number of para-hydroxylation sites is 1. The first-order valence-electron chi connectivity index (χ1n) is 5.50. The van der Waals surface area contributed by atoms with Crippen LogP contribution in [0.15, 0.2) is 36.9 Å². The third-order valence-corrected chi connectivity index (χ3v) is 2.82. The molecule has 0 bridgehead atoms. The van der Waals surface area contributed by atoms with Crippen LogP contribution >= 0.6 is 0 Å². The second kappa shape index (κ2) is 4.39. The number of rotatable bonds is 2. The Labute approximate surface area is 95.8 Å². The Morgan fingerprint density at radius 3 is 3.12 bits per heavy atom. The van der Waals surface area contributed by atoms with E-state index in [0.717, 1.165) is 12.1 Å². The summed E-state index contributed by atoms with van der Waals surface area (Å²) in [5.74, 6) is 0. The van der Waals surface area contributed by atoms with Crippen LogP contribution in [0.4, 0.5) is 10.5 Å². The van der Waals surface area contributed by atoms with Gasteiger partial charge in [0.1, 0.15) is 0 Å². The molecule has 1 aromatic rings. The first-order chi connectivity index (χ1) is 7.74. The minimum atomic E-state index is -0.0441. The Kier molecular flexibility index (Phi) is 2.95. The molecule has 84 valence electrons. The maximum Gasteiger partial charge on any atom is 0.322 e. The molecule has 3 heteroatoms. The molecular formula is C13H16N2O. The van der Waals surface area contributed by atoms with Crippen molar-refractivity contribution in [3.63, 3.8) is 0 Å². The maximum absolute atomic E-state index is 11.9. The molecule has 3 nitrogen and oxygen atoms in total. The van der Waals surface area contributed by atoms with Crippen molar-refractivity contribution < 1.29 is 4.79 Å². The number of hydrogen-bond donors (Lipinski definition) is 1. The molecule has 0 spiro atoms. The van der Waals surface area contributed by atoms with E-state index in [0.29, 0.717) is 6.54 Å². The molecule has 0 saturated heterocycles. The zero-order valence-electron chi connectivity index (χ0n) is 9.44. The maximum atomic E-state index is 11.9. The largest absolute Gasteiger partial charge is 0.334 e. The lowest BCUT2D eigenvalue weighted by Crippen LogP contribution is -2.43. The fourth-order valence-electron chi connectivity index (χ4n) is 2.12. The van der Waals surface area contributed by atoms with Gasteiger partial charge in [0, 0.05) is 18.3 Å². The van der Waals surface area contributed by atoms with Gasteiger partial charge in [-0.05, 0) is 25.0 Å². The van der Waals surface area contributed by atoms with Gasteiger partial charge >= 0.3 is 6.03 Å². The summed E-state index contributed by atoms with van der Waals surface area (Å²) in [6, 6.07) is 8.22. The summed E-state index contributed by atoms with van der Waals surface area (Å²) >= 11 is 0. The first-order valence-corrected chi connectivity index (χ1v) is 5.50. The van der Waals surface area contributed by atoms with Gasteiger partial charge in [0.25, 0.3) is 0 Å². The van der Waals surface area contributed by atoms with Crippen molar-refractivity contribution in [3.8, 4) is 0 Å². The predicted molar refractivity (Wildman–Crippen MR) is 65.7 cm³/mol. The van der Waals surface area contributed by atoms with Gasteiger partial charge in [-0.15, -0.1) is 6.58 Å². The van der Waals surface area contributed by atoms with E-state index in [1.807, 2.05) is 23.1 Å². The van der Waals surface area contributed by atoms with Crippen LogP contribution in [0, 0.1) is 0 Å². The monoisotopic (exact) mass is 216 g/mol. The van der Waals surface area contributed by atoms with Crippen molar-refractivity contribution in [1.29, 1.82) is 0 Å². The van der Waals surface area contributed by atoms with Crippen LogP contribution in [0.1, 0.15) is 12.5 Å². The van der Waals surface area contributed by atoms with Crippen molar-refractivity contribution in [1.82, 2.24) is 5.32 Å². The smallest absolute Gasteiger partial charge is 0.322 e. The molecule has 2 amide bonds. The molecule has 1 N–H and O–H groups in total. The zero-order chi connectivity index (χ0) is 11.5. The molecule has 0 aliphatic carbocycles. The summed E-state index contributed by atoms with van der Waals surface area (Å²) < 4.78 is 0. The number of benzene rings is 1. The van der Waals surface area contributed by atoms with Crippen molar-refractivity contribution in [2.24, 2.45) is 0 Å². The van der Waals surface area contributed by atoms with E-state index in [9.17, 15) is 4.79 Å². The highest BCUT2D eigenvalue weighted by atomic mass is 16.2. The Hall–Kier alpha value is -1.77. The van der Waals surface area contributed by atoms with E-state index in [1.165, 1.54) is 5.56 Å². The number of amides is 2. The third kappa shape index (κ3) is 1.81. The number of nitrogens with one attached hydrogen (secondary N) is 1. The number of urea groups is 1. The summed E-state index contributed by atoms with van der Waals surface area (Å²) in [6.07, 6.45) is 2.61. The van der Waals surface area contributed by atoms with Crippen LogP contribution in [0.5, 0.6) is 0 Å². The van der Waals surface area contributed by atoms with E-state index in [2.05, 4.69) is 24.9 Å². The van der Waals surface area contributed by atoms with E-state index in [4.69, 9.17) is 0 Å². The molecule has 0 saturated carbocycles. The zero-order valence-corrected chi connectivity index (χ0v) is 9.44. The lowest BCUT2D eigenvalue weighted by atomic mass is 10.1. The average molecular weight is 216 g/mol. The SMILES string of the molecule is C=CCNC(=O)N1c2ccccc2CC1C. The Bertz CT molecular complexity index is 414. The Balaban J connectivity index is 2.21. The number of hydrogen-bond acceptors (Lipinski definition) is 1. The molecule has 0 aromatic heterocycles. The molecule has 1 heterocycles. The predicted octanol–water partition coefficient (Wildman–Crippen LogP) is 2.33. The summed E-state index contributed by atoms with van der Waals surface area (Å²) in [7, 11) is 0. The first kappa shape index (κ1) is 10.7. The van der Waals surface area contributed by atoms with Gasteiger partial charge in [0.15, 0.2) is 0 Å². The van der Waals surface area contributed by atoms with Crippen molar-refractivity contribution in [3.05, 3.63) is 42.5 Å². The minimum Gasteiger partial charge on any atom is -0.334 e. The van der Waals surface area contributed by atoms with Crippen LogP contribution in [0.2, 0.25) is 0 Å². The van der Waals surface area contributed by atoms with E-state index < -0.39 is 0 Å². The Morgan fingerprint density at radius 2 is 2.38 bits per heavy atom. The Morgan fingerprint density at radius 1 is 1.62 bits per heavy atom. The highest BCUT2D eigenvalue weighted by molar-refractivity contribution is 5.94. The topological polar surface area (TPSA) is 32.3 Å². The standard InChI is InChI=1S/C13H16N2O/c1-3-8-14-13(16)15-10(2)9-11-6-4-5-7-12(11)15/h3-7,10H,1,8-9H2,2H3,(H,14,16). The van der Waals surface area contributed by atoms with Crippen LogP contribution < -0.4 is 10.2 Å². The molecule has 1 unspecified atom stereocenters. The second-order valence-electron chi connectivity index (χ2n) is 4.03. The van der Waals surface area contributed by atoms with Crippen molar-refractivity contribution in [2.45, 2.75) is 19.4 Å². The molecule has 16 heavy (non-hydrogen) atoms. The molecule has 1 aliphatic heterocycles. The highest BCUT2D eigenvalue weighted by Crippen LogP contribution is 2.31. The molecule has 0 fully saturated rings. The number of fused-ring (bicyclic) bond motifs is 1. The molecule has 1 aromatic carbocycles. The fourth-order valence-corrected chi connectivity index (χ4v) is 2.12. The van der Waals surface area contributed by atoms with Crippen LogP contribution in [0.3, 0.4) is 0 Å². The summed E-state index contributed by atoms with van der Waals surface area (Å²) in [4.78, 5) is 13.8. The molecule has 1 atom stereocenters. The third-order valence-electron chi connectivity index (χ3n) is 2.82. The van der Waals surface area contributed by atoms with E-state index in [1.54, 1.807) is 6.08 Å². The van der Waals surface area contributed by atoms with E-state index in [-0.39, 0.29) is 12.1 Å². The van der Waals surface area contributed by atoms with Crippen molar-refractivity contribution >= 4 is 11.7 Å². The summed E-state index contributed by atoms with van der Waals surface area (Å²) in [5.41, 5.74) is 2.26.